The van der Waals surface area contributed by atoms with E-state index in [4.69, 9.17) is 5.11 Å². The zero-order valence-electron chi connectivity index (χ0n) is 10.2. The molecule has 1 aliphatic rings. The summed E-state index contributed by atoms with van der Waals surface area (Å²) in [6.07, 6.45) is 1.11. The van der Waals surface area contributed by atoms with E-state index in [2.05, 4.69) is 4.99 Å². The number of aliphatic carboxylic acids is 1. The molecule has 6 nitrogen and oxygen atoms in total. The molecule has 84 valence electrons. The molecule has 0 radical (unpaired) electrons. The second-order valence-electron chi connectivity index (χ2n) is 2.78. The van der Waals surface area contributed by atoms with Crippen molar-refractivity contribution in [2.75, 3.05) is 19.6 Å². The van der Waals surface area contributed by atoms with E-state index >= 15 is 0 Å². The van der Waals surface area contributed by atoms with Crippen LogP contribution < -0.4 is 59.1 Å². The van der Waals surface area contributed by atoms with Gasteiger partial charge in [-0.1, -0.05) is 6.92 Å². The summed E-state index contributed by atoms with van der Waals surface area (Å²) in [5, 5.41) is 8.47. The summed E-state index contributed by atoms with van der Waals surface area (Å²) in [6, 6.07) is 0. The van der Waals surface area contributed by atoms with Crippen molar-refractivity contribution >= 4 is 11.8 Å². The molecular formula is C8H16N2Na2O4. The molecule has 0 saturated heterocycles. The zero-order valence-corrected chi connectivity index (χ0v) is 14.2. The number of amidine groups is 1. The van der Waals surface area contributed by atoms with E-state index in [1.807, 2.05) is 11.8 Å². The minimum atomic E-state index is -0.739. The van der Waals surface area contributed by atoms with Gasteiger partial charge in [-0.15, -0.1) is 0 Å². The van der Waals surface area contributed by atoms with Crippen LogP contribution in [-0.2, 0) is 4.79 Å². The average Bonchev–Trinajstić information content (AvgIpc) is 2.47. The second kappa shape index (κ2) is 13.9. The molecule has 8 heteroatoms. The van der Waals surface area contributed by atoms with Crippen molar-refractivity contribution in [2.45, 2.75) is 19.8 Å². The van der Waals surface area contributed by atoms with Crippen molar-refractivity contribution < 1.29 is 80.0 Å². The minimum absolute atomic E-state index is 0. The van der Waals surface area contributed by atoms with Gasteiger partial charge < -0.3 is 21.0 Å². The third-order valence-electron chi connectivity index (χ3n) is 1.94. The number of hydrogen-bond donors (Lipinski definition) is 1. The Hall–Kier alpha value is 0.860. The summed E-state index contributed by atoms with van der Waals surface area (Å²) >= 11 is 0. The van der Waals surface area contributed by atoms with Gasteiger partial charge in [-0.05, 0) is 0 Å². The first-order valence-corrected chi connectivity index (χ1v) is 4.24. The monoisotopic (exact) mass is 250 g/mol. The van der Waals surface area contributed by atoms with Crippen LogP contribution in [0.3, 0.4) is 0 Å². The van der Waals surface area contributed by atoms with Crippen molar-refractivity contribution in [1.29, 1.82) is 0 Å². The van der Waals surface area contributed by atoms with Crippen LogP contribution in [-0.4, -0.2) is 52.4 Å². The molecule has 0 bridgehead atoms. The molecule has 0 amide bonds. The molecule has 3 N–H and O–H groups in total. The van der Waals surface area contributed by atoms with E-state index in [0.717, 1.165) is 25.3 Å². The van der Waals surface area contributed by atoms with E-state index in [1.165, 1.54) is 0 Å². The summed E-state index contributed by atoms with van der Waals surface area (Å²) in [4.78, 5) is 16.6. The number of carboxylic acid groups (broad SMARTS) is 1. The van der Waals surface area contributed by atoms with Gasteiger partial charge in [-0.3, -0.25) is 9.79 Å². The van der Waals surface area contributed by atoms with Gasteiger partial charge in [0.1, 0.15) is 0 Å². The number of carbonyl (C=O) groups is 1. The molecule has 0 saturated carbocycles. The SMILES string of the molecule is CCC1=NCCN1CCC(=O)O.[Na+].[Na+].[OH-].[OH-]. The molecule has 1 aliphatic heterocycles. The van der Waals surface area contributed by atoms with E-state index in [9.17, 15) is 4.79 Å². The first-order valence-electron chi connectivity index (χ1n) is 4.24. The molecule has 0 spiro atoms. The molecule has 0 aromatic heterocycles. The maximum Gasteiger partial charge on any atom is 1.00 e. The Labute approximate surface area is 140 Å². The van der Waals surface area contributed by atoms with Crippen molar-refractivity contribution in [2.24, 2.45) is 4.99 Å². The van der Waals surface area contributed by atoms with Crippen LogP contribution >= 0.6 is 0 Å². The standard InChI is InChI=1S/C8H14N2O2.2Na.2H2O/c1-2-7-9-4-6-10(7)5-3-8(11)12;;;;/h2-6H2,1H3,(H,11,12);;;2*1H2/q;2*+1;;/p-2. The molecule has 0 fully saturated rings. The van der Waals surface area contributed by atoms with Gasteiger partial charge in [0.15, 0.2) is 0 Å². The average molecular weight is 250 g/mol. The fourth-order valence-corrected chi connectivity index (χ4v) is 1.34. The van der Waals surface area contributed by atoms with Gasteiger partial charge in [0, 0.05) is 19.5 Å². The van der Waals surface area contributed by atoms with Crippen molar-refractivity contribution in [3.63, 3.8) is 0 Å². The Balaban J connectivity index is -0.000000180. The van der Waals surface area contributed by atoms with Crippen molar-refractivity contribution in [3.05, 3.63) is 0 Å². The summed E-state index contributed by atoms with van der Waals surface area (Å²) in [7, 11) is 0. The van der Waals surface area contributed by atoms with Crippen LogP contribution in [0.25, 0.3) is 0 Å². The molecule has 0 atom stereocenters. The number of carboxylic acids is 1. The van der Waals surface area contributed by atoms with Crippen LogP contribution in [0.2, 0.25) is 0 Å². The minimum Gasteiger partial charge on any atom is -0.870 e. The molecule has 0 aliphatic carbocycles. The van der Waals surface area contributed by atoms with Gasteiger partial charge in [0.25, 0.3) is 0 Å². The van der Waals surface area contributed by atoms with Crippen LogP contribution in [0.5, 0.6) is 0 Å². The van der Waals surface area contributed by atoms with Gasteiger partial charge in [-0.25, -0.2) is 0 Å². The first kappa shape index (κ1) is 25.6. The fourth-order valence-electron chi connectivity index (χ4n) is 1.34. The van der Waals surface area contributed by atoms with Crippen LogP contribution in [0.15, 0.2) is 4.99 Å². The third kappa shape index (κ3) is 8.95. The fraction of sp³-hybridized carbons (Fsp3) is 0.750. The Bertz CT molecular complexity index is 214. The second-order valence-corrected chi connectivity index (χ2v) is 2.78. The molecule has 0 unspecified atom stereocenters. The van der Waals surface area contributed by atoms with Gasteiger partial charge >= 0.3 is 65.1 Å². The predicted molar refractivity (Wildman–Crippen MR) is 50.3 cm³/mol. The molecule has 1 heterocycles. The van der Waals surface area contributed by atoms with Gasteiger partial charge in [0.05, 0.1) is 18.8 Å². The number of hydrogen-bond acceptors (Lipinski definition) is 5. The van der Waals surface area contributed by atoms with E-state index in [1.54, 1.807) is 0 Å². The van der Waals surface area contributed by atoms with Crippen LogP contribution in [0, 0.1) is 0 Å². The van der Waals surface area contributed by atoms with Crippen LogP contribution in [0.4, 0.5) is 0 Å². The number of rotatable bonds is 4. The van der Waals surface area contributed by atoms with Crippen molar-refractivity contribution in [3.8, 4) is 0 Å². The number of aliphatic imine (C=N–C) groups is 1. The van der Waals surface area contributed by atoms with Gasteiger partial charge in [0.2, 0.25) is 0 Å². The first-order chi connectivity index (χ1) is 5.74. The number of nitrogens with zero attached hydrogens (tertiary/aromatic N) is 2. The Morgan fingerprint density at radius 1 is 1.44 bits per heavy atom. The van der Waals surface area contributed by atoms with Crippen molar-refractivity contribution in [1.82, 2.24) is 4.90 Å². The largest absolute Gasteiger partial charge is 1.00 e. The summed E-state index contributed by atoms with van der Waals surface area (Å²) in [5.41, 5.74) is 0. The van der Waals surface area contributed by atoms with Crippen LogP contribution in [0.1, 0.15) is 19.8 Å². The summed E-state index contributed by atoms with van der Waals surface area (Å²) in [5.74, 6) is 0.314. The normalized spacial score (nSPS) is 12.3. The Kier molecular flexibility index (Phi) is 22.3. The predicted octanol–water partition coefficient (Wildman–Crippen LogP) is -5.76. The smallest absolute Gasteiger partial charge is 0.870 e. The Morgan fingerprint density at radius 2 is 2.00 bits per heavy atom. The summed E-state index contributed by atoms with van der Waals surface area (Å²) in [6.45, 7) is 4.35. The van der Waals surface area contributed by atoms with E-state index < -0.39 is 5.97 Å². The van der Waals surface area contributed by atoms with E-state index in [-0.39, 0.29) is 76.5 Å². The molecule has 16 heavy (non-hydrogen) atoms. The summed E-state index contributed by atoms with van der Waals surface area (Å²) < 4.78 is 0. The maximum absolute atomic E-state index is 10.3. The molecular weight excluding hydrogens is 234 g/mol. The molecule has 0 aromatic rings. The topological polar surface area (TPSA) is 113 Å². The quantitative estimate of drug-likeness (QED) is 0.499. The third-order valence-corrected chi connectivity index (χ3v) is 1.94. The molecule has 0 aromatic carbocycles. The van der Waals surface area contributed by atoms with E-state index in [0.29, 0.717) is 6.54 Å². The zero-order chi connectivity index (χ0) is 8.97. The maximum atomic E-state index is 10.3. The van der Waals surface area contributed by atoms with Gasteiger partial charge in [-0.2, -0.15) is 0 Å². The molecule has 1 rings (SSSR count). The Morgan fingerprint density at radius 3 is 2.44 bits per heavy atom.